The first kappa shape index (κ1) is 20.9. The highest BCUT2D eigenvalue weighted by atomic mass is 32.2. The number of aliphatic imine (C=N–C) groups is 1. The zero-order valence-electron chi connectivity index (χ0n) is 17.3. The van der Waals surface area contributed by atoms with E-state index in [9.17, 15) is 13.2 Å². The van der Waals surface area contributed by atoms with Gasteiger partial charge in [-0.1, -0.05) is 47.2 Å². The highest BCUT2D eigenvalue weighted by Crippen LogP contribution is 2.35. The fourth-order valence-electron chi connectivity index (χ4n) is 3.91. The van der Waals surface area contributed by atoms with Crippen LogP contribution in [0.1, 0.15) is 16.7 Å². The van der Waals surface area contributed by atoms with E-state index in [1.54, 1.807) is 0 Å². The van der Waals surface area contributed by atoms with Crippen LogP contribution < -0.4 is 10.2 Å². The molecule has 4 rings (SSSR count). The van der Waals surface area contributed by atoms with E-state index in [0.717, 1.165) is 28.1 Å². The molecule has 1 fully saturated rings. The van der Waals surface area contributed by atoms with E-state index in [4.69, 9.17) is 0 Å². The summed E-state index contributed by atoms with van der Waals surface area (Å²) in [4.78, 5) is 19.2. The van der Waals surface area contributed by atoms with Gasteiger partial charge in [0.15, 0.2) is 15.0 Å². The minimum Gasteiger partial charge on any atom is -0.325 e. The van der Waals surface area contributed by atoms with Gasteiger partial charge < -0.3 is 10.2 Å². The Morgan fingerprint density at radius 2 is 1.80 bits per heavy atom. The summed E-state index contributed by atoms with van der Waals surface area (Å²) in [7, 11) is -3.10. The summed E-state index contributed by atoms with van der Waals surface area (Å²) in [5.41, 5.74) is 5.01. The van der Waals surface area contributed by atoms with Gasteiger partial charge in [0.1, 0.15) is 0 Å². The first-order valence-corrected chi connectivity index (χ1v) is 12.7. The maximum Gasteiger partial charge on any atom is 0.234 e. The fraction of sp³-hybridized carbons (Fsp3) is 0.364. The second-order valence-electron chi connectivity index (χ2n) is 7.98. The number of rotatable bonds is 4. The van der Waals surface area contributed by atoms with Crippen LogP contribution in [0.2, 0.25) is 0 Å². The number of hydrogen-bond donors (Lipinski definition) is 1. The number of thioether (sulfide) groups is 1. The Hall–Kier alpha value is -2.32. The highest BCUT2D eigenvalue weighted by molar-refractivity contribution is 8.14. The minimum atomic E-state index is -3.10. The second kappa shape index (κ2) is 8.07. The van der Waals surface area contributed by atoms with Crippen LogP contribution in [-0.4, -0.2) is 48.8 Å². The highest BCUT2D eigenvalue weighted by Gasteiger charge is 2.47. The third-order valence-electron chi connectivity index (χ3n) is 5.41. The number of sulfone groups is 1. The standard InChI is InChI=1S/C22H25N3O3S2/c1-14-4-7-17(8-5-14)25-20-13-30(27,28)12-19(20)24-22(25)29-11-21(26)23-18-9-6-15(2)10-16(18)3/h4-10,19-20H,11-13H2,1-3H3,(H,23,26)/t19-,20-/m0/s1. The Morgan fingerprint density at radius 1 is 1.10 bits per heavy atom. The predicted molar refractivity (Wildman–Crippen MR) is 124 cm³/mol. The Bertz CT molecular complexity index is 1110. The minimum absolute atomic E-state index is 0.0683. The lowest BCUT2D eigenvalue weighted by Crippen LogP contribution is -2.39. The van der Waals surface area contributed by atoms with Crippen LogP contribution in [-0.2, 0) is 14.6 Å². The van der Waals surface area contributed by atoms with Crippen molar-refractivity contribution in [1.29, 1.82) is 0 Å². The van der Waals surface area contributed by atoms with Crippen molar-refractivity contribution in [2.24, 2.45) is 4.99 Å². The van der Waals surface area contributed by atoms with Crippen LogP contribution in [0.3, 0.4) is 0 Å². The topological polar surface area (TPSA) is 78.8 Å². The van der Waals surface area contributed by atoms with Crippen LogP contribution >= 0.6 is 11.8 Å². The number of fused-ring (bicyclic) bond motifs is 1. The molecule has 2 aromatic carbocycles. The number of carbonyl (C=O) groups is 1. The molecule has 6 nitrogen and oxygen atoms in total. The molecule has 1 saturated heterocycles. The molecule has 30 heavy (non-hydrogen) atoms. The molecule has 158 valence electrons. The number of nitrogens with one attached hydrogen (secondary N) is 1. The first-order valence-electron chi connectivity index (χ1n) is 9.86. The van der Waals surface area contributed by atoms with Gasteiger partial charge in [0, 0.05) is 11.4 Å². The second-order valence-corrected chi connectivity index (χ2v) is 11.1. The van der Waals surface area contributed by atoms with Crippen molar-refractivity contribution in [1.82, 2.24) is 0 Å². The largest absolute Gasteiger partial charge is 0.325 e. The molecule has 0 aromatic heterocycles. The zero-order chi connectivity index (χ0) is 21.5. The fourth-order valence-corrected chi connectivity index (χ4v) is 6.68. The molecular weight excluding hydrogens is 418 g/mol. The maximum absolute atomic E-state index is 12.5. The molecule has 0 bridgehead atoms. The quantitative estimate of drug-likeness (QED) is 0.784. The number of carbonyl (C=O) groups excluding carboxylic acids is 1. The molecule has 2 heterocycles. The number of benzene rings is 2. The van der Waals surface area contributed by atoms with Crippen molar-refractivity contribution in [3.8, 4) is 0 Å². The van der Waals surface area contributed by atoms with E-state index >= 15 is 0 Å². The van der Waals surface area contributed by atoms with Crippen molar-refractivity contribution < 1.29 is 13.2 Å². The van der Waals surface area contributed by atoms with Crippen LogP contribution in [0.5, 0.6) is 0 Å². The molecule has 2 aliphatic heterocycles. The molecule has 1 N–H and O–H groups in total. The summed E-state index contributed by atoms with van der Waals surface area (Å²) in [5.74, 6) is 0.260. The van der Waals surface area contributed by atoms with Crippen molar-refractivity contribution >= 4 is 44.0 Å². The van der Waals surface area contributed by atoms with E-state index in [-0.39, 0.29) is 35.2 Å². The molecule has 2 aliphatic rings. The molecular formula is C22H25N3O3S2. The molecule has 8 heteroatoms. The summed E-state index contributed by atoms with van der Waals surface area (Å²) in [6.45, 7) is 6.00. The van der Waals surface area contributed by atoms with E-state index in [1.807, 2.05) is 68.1 Å². The maximum atomic E-state index is 12.5. The van der Waals surface area contributed by atoms with E-state index in [0.29, 0.717) is 5.17 Å². The van der Waals surface area contributed by atoms with E-state index in [1.165, 1.54) is 11.8 Å². The third-order valence-corrected chi connectivity index (χ3v) is 8.07. The molecule has 0 saturated carbocycles. The normalized spacial score (nSPS) is 22.0. The number of anilines is 2. The molecule has 0 unspecified atom stereocenters. The number of amidine groups is 1. The third kappa shape index (κ3) is 4.39. The number of aryl methyl sites for hydroxylation is 3. The molecule has 2 atom stereocenters. The Morgan fingerprint density at radius 3 is 2.50 bits per heavy atom. The monoisotopic (exact) mass is 443 g/mol. The van der Waals surface area contributed by atoms with Gasteiger partial charge in [-0.15, -0.1) is 0 Å². The van der Waals surface area contributed by atoms with Crippen LogP contribution in [0.4, 0.5) is 11.4 Å². The van der Waals surface area contributed by atoms with Crippen molar-refractivity contribution in [3.05, 3.63) is 59.2 Å². The lowest BCUT2D eigenvalue weighted by atomic mass is 10.1. The van der Waals surface area contributed by atoms with Gasteiger partial charge in [-0.05, 0) is 44.5 Å². The molecule has 0 aliphatic carbocycles. The summed E-state index contributed by atoms with van der Waals surface area (Å²) >= 11 is 1.35. The predicted octanol–water partition coefficient (Wildman–Crippen LogP) is 3.33. The van der Waals surface area contributed by atoms with Crippen LogP contribution in [0.25, 0.3) is 0 Å². The molecule has 0 radical (unpaired) electrons. The van der Waals surface area contributed by atoms with Gasteiger partial charge in [-0.3, -0.25) is 9.79 Å². The molecule has 0 spiro atoms. The Balaban J connectivity index is 1.50. The molecule has 2 aromatic rings. The number of amides is 1. The number of hydrogen-bond acceptors (Lipinski definition) is 6. The SMILES string of the molecule is Cc1ccc(N2C(SCC(=O)Nc3ccc(C)cc3C)=N[C@H]3CS(=O)(=O)C[C@@H]32)cc1. The van der Waals surface area contributed by atoms with Gasteiger partial charge in [0.2, 0.25) is 5.91 Å². The van der Waals surface area contributed by atoms with Crippen molar-refractivity contribution in [2.45, 2.75) is 32.9 Å². The first-order chi connectivity index (χ1) is 14.2. The molecule has 1 amide bonds. The van der Waals surface area contributed by atoms with Gasteiger partial charge in [-0.25, -0.2) is 8.42 Å². The van der Waals surface area contributed by atoms with Gasteiger partial charge >= 0.3 is 0 Å². The lowest BCUT2D eigenvalue weighted by Gasteiger charge is -2.26. The summed E-state index contributed by atoms with van der Waals surface area (Å²) in [6, 6.07) is 13.4. The van der Waals surface area contributed by atoms with Gasteiger partial charge in [-0.2, -0.15) is 0 Å². The summed E-state index contributed by atoms with van der Waals surface area (Å²) in [6.07, 6.45) is 0. The van der Waals surface area contributed by atoms with Gasteiger partial charge in [0.25, 0.3) is 0 Å². The average Bonchev–Trinajstić information content (AvgIpc) is 3.14. The van der Waals surface area contributed by atoms with E-state index < -0.39 is 9.84 Å². The van der Waals surface area contributed by atoms with Crippen molar-refractivity contribution in [3.63, 3.8) is 0 Å². The smallest absolute Gasteiger partial charge is 0.234 e. The lowest BCUT2D eigenvalue weighted by molar-refractivity contribution is -0.113. The van der Waals surface area contributed by atoms with Crippen LogP contribution in [0.15, 0.2) is 47.5 Å². The van der Waals surface area contributed by atoms with E-state index in [2.05, 4.69) is 10.3 Å². The summed E-state index contributed by atoms with van der Waals surface area (Å²) in [5, 5.41) is 3.67. The summed E-state index contributed by atoms with van der Waals surface area (Å²) < 4.78 is 24.3. The zero-order valence-corrected chi connectivity index (χ0v) is 18.9. The van der Waals surface area contributed by atoms with Crippen molar-refractivity contribution in [2.75, 3.05) is 27.5 Å². The Labute approximate surface area is 181 Å². The van der Waals surface area contributed by atoms with Crippen LogP contribution in [0, 0.1) is 20.8 Å². The average molecular weight is 444 g/mol. The number of nitrogens with zero attached hydrogens (tertiary/aromatic N) is 2. The Kier molecular flexibility index (Phi) is 5.63. The van der Waals surface area contributed by atoms with Gasteiger partial charge in [0.05, 0.1) is 29.3 Å².